The zero-order valence-corrected chi connectivity index (χ0v) is 13.0. The van der Waals surface area contributed by atoms with Crippen molar-refractivity contribution in [1.29, 1.82) is 0 Å². The molecule has 0 bridgehead atoms. The van der Waals surface area contributed by atoms with Crippen molar-refractivity contribution in [3.8, 4) is 0 Å². The minimum atomic E-state index is -0.319. The van der Waals surface area contributed by atoms with Crippen LogP contribution in [0.5, 0.6) is 0 Å². The van der Waals surface area contributed by atoms with Gasteiger partial charge in [-0.1, -0.05) is 23.7 Å². The van der Waals surface area contributed by atoms with E-state index in [1.54, 1.807) is 30.8 Å². The summed E-state index contributed by atoms with van der Waals surface area (Å²) >= 11 is 6.17. The van der Waals surface area contributed by atoms with Gasteiger partial charge in [0.15, 0.2) is 0 Å². The largest absolute Gasteiger partial charge is 0.336 e. The molecule has 0 aliphatic heterocycles. The van der Waals surface area contributed by atoms with E-state index in [0.717, 1.165) is 5.56 Å². The topological polar surface area (TPSA) is 38.1 Å². The molecule has 1 heterocycles. The minimum absolute atomic E-state index is 0.230. The van der Waals surface area contributed by atoms with E-state index in [-0.39, 0.29) is 11.7 Å². The van der Waals surface area contributed by atoms with Crippen LogP contribution in [-0.4, -0.2) is 27.6 Å². The number of halogens is 2. The van der Waals surface area contributed by atoms with Crippen LogP contribution in [0, 0.1) is 12.7 Å². The second-order valence-electron chi connectivity index (χ2n) is 4.85. The standard InChI is InChI=1S/C15H17ClFN3O/c1-4-20-14(13(16)10(2)18-20)15(21)19(3)9-11-6-5-7-12(17)8-11/h5-8H,4,9H2,1-3H3. The van der Waals surface area contributed by atoms with Gasteiger partial charge in [-0.25, -0.2) is 4.39 Å². The van der Waals surface area contributed by atoms with Crippen LogP contribution in [0.1, 0.15) is 28.7 Å². The molecule has 2 rings (SSSR count). The first kappa shape index (κ1) is 15.5. The van der Waals surface area contributed by atoms with E-state index < -0.39 is 0 Å². The fourth-order valence-electron chi connectivity index (χ4n) is 2.15. The monoisotopic (exact) mass is 309 g/mol. The quantitative estimate of drug-likeness (QED) is 0.869. The van der Waals surface area contributed by atoms with Crippen molar-refractivity contribution >= 4 is 17.5 Å². The molecule has 2 aromatic rings. The maximum Gasteiger partial charge on any atom is 0.273 e. The predicted octanol–water partition coefficient (Wildman–Crippen LogP) is 3.28. The van der Waals surface area contributed by atoms with Crippen LogP contribution < -0.4 is 0 Å². The van der Waals surface area contributed by atoms with Crippen molar-refractivity contribution in [2.45, 2.75) is 26.9 Å². The highest BCUT2D eigenvalue weighted by Crippen LogP contribution is 2.22. The van der Waals surface area contributed by atoms with Gasteiger partial charge in [0.2, 0.25) is 0 Å². The summed E-state index contributed by atoms with van der Waals surface area (Å²) < 4.78 is 14.8. The van der Waals surface area contributed by atoms with Crippen molar-refractivity contribution in [2.24, 2.45) is 0 Å². The van der Waals surface area contributed by atoms with Gasteiger partial charge < -0.3 is 4.90 Å². The van der Waals surface area contributed by atoms with Gasteiger partial charge in [-0.3, -0.25) is 9.48 Å². The first-order chi connectivity index (χ1) is 9.93. The first-order valence-electron chi connectivity index (χ1n) is 6.66. The van der Waals surface area contributed by atoms with Crippen LogP contribution in [0.25, 0.3) is 0 Å². The normalized spacial score (nSPS) is 10.7. The Labute approximate surface area is 128 Å². The second kappa shape index (κ2) is 6.26. The number of rotatable bonds is 4. The highest BCUT2D eigenvalue weighted by atomic mass is 35.5. The first-order valence-corrected chi connectivity index (χ1v) is 7.04. The van der Waals surface area contributed by atoms with Gasteiger partial charge in [0.05, 0.1) is 10.7 Å². The van der Waals surface area contributed by atoms with Crippen LogP contribution in [0.4, 0.5) is 4.39 Å². The van der Waals surface area contributed by atoms with Gasteiger partial charge in [0, 0.05) is 20.1 Å². The van der Waals surface area contributed by atoms with Crippen molar-refractivity contribution in [3.63, 3.8) is 0 Å². The van der Waals surface area contributed by atoms with E-state index in [0.29, 0.717) is 29.5 Å². The van der Waals surface area contributed by atoms with E-state index in [2.05, 4.69) is 5.10 Å². The lowest BCUT2D eigenvalue weighted by Crippen LogP contribution is -2.28. The molecule has 0 unspecified atom stereocenters. The molecule has 0 spiro atoms. The lowest BCUT2D eigenvalue weighted by atomic mass is 10.2. The molecule has 0 atom stereocenters. The number of aromatic nitrogens is 2. The third-order valence-electron chi connectivity index (χ3n) is 3.21. The van der Waals surface area contributed by atoms with Gasteiger partial charge in [0.25, 0.3) is 5.91 Å². The lowest BCUT2D eigenvalue weighted by Gasteiger charge is -2.18. The summed E-state index contributed by atoms with van der Waals surface area (Å²) in [6, 6.07) is 6.18. The average Bonchev–Trinajstić information content (AvgIpc) is 2.73. The molecule has 0 aliphatic carbocycles. The number of hydrogen-bond donors (Lipinski definition) is 0. The lowest BCUT2D eigenvalue weighted by molar-refractivity contribution is 0.0773. The highest BCUT2D eigenvalue weighted by molar-refractivity contribution is 6.34. The molecular formula is C15H17ClFN3O. The average molecular weight is 310 g/mol. The number of amides is 1. The number of carbonyl (C=O) groups excluding carboxylic acids is 1. The molecule has 1 aromatic carbocycles. The predicted molar refractivity (Wildman–Crippen MR) is 79.8 cm³/mol. The van der Waals surface area contributed by atoms with Crippen LogP contribution >= 0.6 is 11.6 Å². The van der Waals surface area contributed by atoms with Crippen LogP contribution in [0.15, 0.2) is 24.3 Å². The molecule has 1 aromatic heterocycles. The molecule has 0 aliphatic rings. The Morgan fingerprint density at radius 1 is 1.48 bits per heavy atom. The van der Waals surface area contributed by atoms with Gasteiger partial charge in [-0.05, 0) is 31.5 Å². The Bertz CT molecular complexity index is 669. The van der Waals surface area contributed by atoms with E-state index in [1.165, 1.54) is 17.0 Å². The number of benzene rings is 1. The third kappa shape index (κ3) is 3.24. The maximum atomic E-state index is 13.2. The second-order valence-corrected chi connectivity index (χ2v) is 5.23. The van der Waals surface area contributed by atoms with Crippen LogP contribution in [-0.2, 0) is 13.1 Å². The van der Waals surface area contributed by atoms with Gasteiger partial charge in [0.1, 0.15) is 11.5 Å². The maximum absolute atomic E-state index is 13.2. The van der Waals surface area contributed by atoms with Gasteiger partial charge in [-0.15, -0.1) is 0 Å². The van der Waals surface area contributed by atoms with Gasteiger partial charge >= 0.3 is 0 Å². The molecule has 0 saturated carbocycles. The zero-order valence-electron chi connectivity index (χ0n) is 12.2. The number of aryl methyl sites for hydroxylation is 2. The SMILES string of the molecule is CCn1nc(C)c(Cl)c1C(=O)N(C)Cc1cccc(F)c1. The number of hydrogen-bond acceptors (Lipinski definition) is 2. The molecule has 0 N–H and O–H groups in total. The molecule has 0 saturated heterocycles. The molecule has 21 heavy (non-hydrogen) atoms. The van der Waals surface area contributed by atoms with E-state index in [4.69, 9.17) is 11.6 Å². The van der Waals surface area contributed by atoms with Crippen LogP contribution in [0.2, 0.25) is 5.02 Å². The zero-order chi connectivity index (χ0) is 15.6. The molecule has 1 amide bonds. The van der Waals surface area contributed by atoms with E-state index >= 15 is 0 Å². The summed E-state index contributed by atoms with van der Waals surface area (Å²) in [6.45, 7) is 4.52. The summed E-state index contributed by atoms with van der Waals surface area (Å²) in [5.74, 6) is -0.549. The molecule has 0 radical (unpaired) electrons. The summed E-state index contributed by atoms with van der Waals surface area (Å²) in [5.41, 5.74) is 1.72. The fourth-order valence-corrected chi connectivity index (χ4v) is 2.37. The molecular weight excluding hydrogens is 293 g/mol. The Morgan fingerprint density at radius 3 is 2.81 bits per heavy atom. The Morgan fingerprint density at radius 2 is 2.19 bits per heavy atom. The Hall–Kier alpha value is -1.88. The highest BCUT2D eigenvalue weighted by Gasteiger charge is 2.22. The van der Waals surface area contributed by atoms with Crippen molar-refractivity contribution in [2.75, 3.05) is 7.05 Å². The summed E-state index contributed by atoms with van der Waals surface area (Å²) in [7, 11) is 1.66. The Kier molecular flexibility index (Phi) is 4.63. The summed E-state index contributed by atoms with van der Waals surface area (Å²) in [5, 5.41) is 4.60. The van der Waals surface area contributed by atoms with Crippen molar-refractivity contribution < 1.29 is 9.18 Å². The summed E-state index contributed by atoms with van der Waals surface area (Å²) in [4.78, 5) is 14.0. The third-order valence-corrected chi connectivity index (χ3v) is 3.66. The molecule has 112 valence electrons. The van der Waals surface area contributed by atoms with Gasteiger partial charge in [-0.2, -0.15) is 5.10 Å². The smallest absolute Gasteiger partial charge is 0.273 e. The fraction of sp³-hybridized carbons (Fsp3) is 0.333. The van der Waals surface area contributed by atoms with E-state index in [1.807, 2.05) is 6.92 Å². The number of carbonyl (C=O) groups is 1. The minimum Gasteiger partial charge on any atom is -0.336 e. The molecule has 0 fully saturated rings. The molecule has 6 heteroatoms. The summed E-state index contributed by atoms with van der Waals surface area (Å²) in [6.07, 6.45) is 0. The van der Waals surface area contributed by atoms with Crippen molar-refractivity contribution in [3.05, 3.63) is 52.1 Å². The Balaban J connectivity index is 2.24. The molecule has 4 nitrogen and oxygen atoms in total. The van der Waals surface area contributed by atoms with Crippen molar-refractivity contribution in [1.82, 2.24) is 14.7 Å². The number of nitrogens with zero attached hydrogens (tertiary/aromatic N) is 3. The van der Waals surface area contributed by atoms with E-state index in [9.17, 15) is 9.18 Å². The van der Waals surface area contributed by atoms with Crippen LogP contribution in [0.3, 0.4) is 0 Å².